The fourth-order valence-corrected chi connectivity index (χ4v) is 1.87. The highest BCUT2D eigenvalue weighted by Gasteiger charge is 2.01. The van der Waals surface area contributed by atoms with Crippen LogP contribution in [0.2, 0.25) is 0 Å². The Labute approximate surface area is 135 Å². The van der Waals surface area contributed by atoms with Gasteiger partial charge in [-0.15, -0.1) is 0 Å². The van der Waals surface area contributed by atoms with Crippen LogP contribution in [0.5, 0.6) is 5.75 Å². The highest BCUT2D eigenvalue weighted by molar-refractivity contribution is 5.91. The van der Waals surface area contributed by atoms with E-state index in [0.29, 0.717) is 24.6 Å². The second kappa shape index (κ2) is 8.38. The molecule has 0 radical (unpaired) electrons. The summed E-state index contributed by atoms with van der Waals surface area (Å²) in [4.78, 5) is 15.7. The summed E-state index contributed by atoms with van der Waals surface area (Å²) in [5, 5.41) is 2.80. The van der Waals surface area contributed by atoms with Crippen molar-refractivity contribution in [3.63, 3.8) is 0 Å². The van der Waals surface area contributed by atoms with Crippen LogP contribution in [0.4, 0.5) is 5.69 Å². The summed E-state index contributed by atoms with van der Waals surface area (Å²) in [5.41, 5.74) is 8.24. The second-order valence-electron chi connectivity index (χ2n) is 4.80. The van der Waals surface area contributed by atoms with Crippen molar-refractivity contribution >= 4 is 17.7 Å². The summed E-state index contributed by atoms with van der Waals surface area (Å²) in [6, 6.07) is 9.07. The highest BCUT2D eigenvalue weighted by Crippen LogP contribution is 2.23. The first-order valence-corrected chi connectivity index (χ1v) is 7.17. The van der Waals surface area contributed by atoms with E-state index in [2.05, 4.69) is 16.9 Å². The third kappa shape index (κ3) is 5.32. The predicted molar refractivity (Wildman–Crippen MR) is 91.7 cm³/mol. The van der Waals surface area contributed by atoms with Crippen molar-refractivity contribution in [1.29, 1.82) is 0 Å². The van der Waals surface area contributed by atoms with Crippen molar-refractivity contribution in [2.24, 2.45) is 0 Å². The molecule has 23 heavy (non-hydrogen) atoms. The van der Waals surface area contributed by atoms with Gasteiger partial charge in [0.25, 0.3) is 0 Å². The van der Waals surface area contributed by atoms with E-state index in [-0.39, 0.29) is 5.91 Å². The van der Waals surface area contributed by atoms with Crippen LogP contribution in [0.15, 0.2) is 61.5 Å². The lowest BCUT2D eigenvalue weighted by Gasteiger charge is -2.07. The van der Waals surface area contributed by atoms with Crippen molar-refractivity contribution in [1.82, 2.24) is 10.3 Å². The van der Waals surface area contributed by atoms with E-state index in [1.807, 2.05) is 18.2 Å². The van der Waals surface area contributed by atoms with Crippen molar-refractivity contribution in [2.45, 2.75) is 6.54 Å². The van der Waals surface area contributed by atoms with Gasteiger partial charge in [-0.3, -0.25) is 9.78 Å². The van der Waals surface area contributed by atoms with Gasteiger partial charge in [0, 0.05) is 25.0 Å². The summed E-state index contributed by atoms with van der Waals surface area (Å²) >= 11 is 0. The molecular weight excluding hydrogens is 290 g/mol. The monoisotopic (exact) mass is 309 g/mol. The first-order chi connectivity index (χ1) is 11.2. The molecule has 118 valence electrons. The van der Waals surface area contributed by atoms with Crippen LogP contribution < -0.4 is 15.8 Å². The van der Waals surface area contributed by atoms with Gasteiger partial charge in [0.05, 0.1) is 5.69 Å². The molecule has 0 fully saturated rings. The lowest BCUT2D eigenvalue weighted by Crippen LogP contribution is -2.20. The van der Waals surface area contributed by atoms with E-state index in [4.69, 9.17) is 10.5 Å². The molecule has 0 saturated heterocycles. The molecule has 0 aliphatic carbocycles. The Morgan fingerprint density at radius 1 is 1.30 bits per heavy atom. The zero-order chi connectivity index (χ0) is 16.5. The summed E-state index contributed by atoms with van der Waals surface area (Å²) < 4.78 is 5.40. The van der Waals surface area contributed by atoms with Crippen LogP contribution in [0.3, 0.4) is 0 Å². The molecule has 1 aromatic carbocycles. The van der Waals surface area contributed by atoms with Gasteiger partial charge in [-0.05, 0) is 41.5 Å². The first-order valence-electron chi connectivity index (χ1n) is 7.17. The van der Waals surface area contributed by atoms with Crippen LogP contribution >= 0.6 is 0 Å². The molecular formula is C18H19N3O2. The second-order valence-corrected chi connectivity index (χ2v) is 4.80. The van der Waals surface area contributed by atoms with Gasteiger partial charge in [0.2, 0.25) is 5.91 Å². The number of nitrogen functional groups attached to an aromatic ring is 1. The number of anilines is 1. The predicted octanol–water partition coefficient (Wildman–Crippen LogP) is 2.56. The topological polar surface area (TPSA) is 77.2 Å². The molecule has 0 saturated carbocycles. The molecule has 2 aromatic rings. The largest absolute Gasteiger partial charge is 0.487 e. The summed E-state index contributed by atoms with van der Waals surface area (Å²) in [6.07, 6.45) is 8.21. The number of pyridine rings is 1. The number of nitrogens with two attached hydrogens (primary N) is 1. The molecule has 1 aromatic heterocycles. The molecule has 0 spiro atoms. The Balaban J connectivity index is 1.90. The van der Waals surface area contributed by atoms with Crippen LogP contribution in [-0.2, 0) is 11.3 Å². The van der Waals surface area contributed by atoms with Crippen molar-refractivity contribution in [2.75, 3.05) is 12.3 Å². The quantitative estimate of drug-likeness (QED) is 0.468. The number of nitrogens with one attached hydrogen (secondary N) is 1. The number of rotatable bonds is 7. The number of carbonyl (C=O) groups excluding carboxylic acids is 1. The van der Waals surface area contributed by atoms with Crippen LogP contribution in [-0.4, -0.2) is 17.5 Å². The first kappa shape index (κ1) is 16.3. The molecule has 1 heterocycles. The lowest BCUT2D eigenvalue weighted by atomic mass is 10.1. The number of carbonyl (C=O) groups is 1. The minimum absolute atomic E-state index is 0.174. The number of hydrogen-bond acceptors (Lipinski definition) is 4. The number of ether oxygens (including phenoxy) is 1. The minimum Gasteiger partial charge on any atom is -0.487 e. The van der Waals surface area contributed by atoms with Crippen molar-refractivity contribution in [3.8, 4) is 5.75 Å². The molecule has 0 aliphatic rings. The molecule has 2 rings (SSSR count). The maximum absolute atomic E-state index is 11.8. The number of benzene rings is 1. The number of amides is 1. The van der Waals surface area contributed by atoms with Crippen LogP contribution in [0.1, 0.15) is 11.1 Å². The molecule has 0 bridgehead atoms. The number of aromatic nitrogens is 1. The van der Waals surface area contributed by atoms with Crippen LogP contribution in [0.25, 0.3) is 6.08 Å². The molecule has 0 aliphatic heterocycles. The van der Waals surface area contributed by atoms with Gasteiger partial charge in [-0.1, -0.05) is 18.7 Å². The Kier molecular flexibility index (Phi) is 5.94. The fourth-order valence-electron chi connectivity index (χ4n) is 1.87. The van der Waals surface area contributed by atoms with E-state index in [0.717, 1.165) is 11.1 Å². The number of nitrogens with zero attached hydrogens (tertiary/aromatic N) is 1. The van der Waals surface area contributed by atoms with Crippen molar-refractivity contribution < 1.29 is 9.53 Å². The molecule has 5 nitrogen and oxygen atoms in total. The van der Waals surface area contributed by atoms with E-state index >= 15 is 0 Å². The van der Waals surface area contributed by atoms with Gasteiger partial charge >= 0.3 is 0 Å². The molecule has 3 N–H and O–H groups in total. The third-order valence-electron chi connectivity index (χ3n) is 3.03. The molecule has 5 heteroatoms. The van der Waals surface area contributed by atoms with E-state index in [1.165, 1.54) is 6.08 Å². The Bertz CT molecular complexity index is 697. The minimum atomic E-state index is -0.174. The van der Waals surface area contributed by atoms with Crippen LogP contribution in [0, 0.1) is 0 Å². The SMILES string of the molecule is C=CCOc1ccc(/C=C\C(=O)NCc2ccncc2)cc1N. The maximum atomic E-state index is 11.8. The standard InChI is InChI=1S/C18H19N3O2/c1-2-11-23-17-5-3-14(12-16(17)19)4-6-18(22)21-13-15-7-9-20-10-8-15/h2-10,12H,1,11,13,19H2,(H,21,22)/b6-4-. The average molecular weight is 309 g/mol. The Hall–Kier alpha value is -3.08. The van der Waals surface area contributed by atoms with Gasteiger partial charge in [0.1, 0.15) is 12.4 Å². The zero-order valence-electron chi connectivity index (χ0n) is 12.7. The molecule has 0 atom stereocenters. The lowest BCUT2D eigenvalue weighted by molar-refractivity contribution is -0.116. The number of hydrogen-bond donors (Lipinski definition) is 2. The maximum Gasteiger partial charge on any atom is 0.244 e. The summed E-state index contributed by atoms with van der Waals surface area (Å²) in [5.74, 6) is 0.427. The zero-order valence-corrected chi connectivity index (χ0v) is 12.7. The Morgan fingerprint density at radius 2 is 2.09 bits per heavy atom. The van der Waals surface area contributed by atoms with Gasteiger partial charge in [-0.25, -0.2) is 0 Å². The van der Waals surface area contributed by atoms with Gasteiger partial charge in [-0.2, -0.15) is 0 Å². The molecule has 0 unspecified atom stereocenters. The molecule has 1 amide bonds. The van der Waals surface area contributed by atoms with E-state index in [9.17, 15) is 4.79 Å². The fraction of sp³-hybridized carbons (Fsp3) is 0.111. The third-order valence-corrected chi connectivity index (χ3v) is 3.03. The van der Waals surface area contributed by atoms with Gasteiger partial charge in [0.15, 0.2) is 0 Å². The highest BCUT2D eigenvalue weighted by atomic mass is 16.5. The average Bonchev–Trinajstić information content (AvgIpc) is 2.58. The Morgan fingerprint density at radius 3 is 2.78 bits per heavy atom. The van der Waals surface area contributed by atoms with Crippen molar-refractivity contribution in [3.05, 3.63) is 72.6 Å². The van der Waals surface area contributed by atoms with E-state index in [1.54, 1.807) is 36.7 Å². The normalized spacial score (nSPS) is 10.4. The summed E-state index contributed by atoms with van der Waals surface area (Å²) in [6.45, 7) is 4.45. The summed E-state index contributed by atoms with van der Waals surface area (Å²) in [7, 11) is 0. The van der Waals surface area contributed by atoms with Gasteiger partial charge < -0.3 is 15.8 Å². The van der Waals surface area contributed by atoms with E-state index < -0.39 is 0 Å². The smallest absolute Gasteiger partial charge is 0.244 e.